The molecule has 0 spiro atoms. The molecule has 1 aromatic heterocycles. The van der Waals surface area contributed by atoms with Gasteiger partial charge in [-0.1, -0.05) is 12.1 Å². The van der Waals surface area contributed by atoms with Crippen LogP contribution >= 0.6 is 0 Å². The van der Waals surface area contributed by atoms with E-state index in [4.69, 9.17) is 5.11 Å². The SMILES string of the molecule is Cc1nc2ccccc2n1CCN(C)C(C)CO. The molecule has 1 aromatic carbocycles. The molecule has 0 saturated heterocycles. The molecule has 1 N–H and O–H groups in total. The molecular weight excluding hydrogens is 226 g/mol. The number of aliphatic hydroxyl groups excluding tert-OH is 1. The van der Waals surface area contributed by atoms with Gasteiger partial charge < -0.3 is 9.67 Å². The first-order valence-electron chi connectivity index (χ1n) is 6.36. The van der Waals surface area contributed by atoms with Gasteiger partial charge in [0.2, 0.25) is 0 Å². The van der Waals surface area contributed by atoms with Gasteiger partial charge in [0.05, 0.1) is 17.6 Å². The molecule has 4 nitrogen and oxygen atoms in total. The number of para-hydroxylation sites is 2. The van der Waals surface area contributed by atoms with E-state index < -0.39 is 0 Å². The summed E-state index contributed by atoms with van der Waals surface area (Å²) in [4.78, 5) is 6.71. The number of likely N-dealkylation sites (N-methyl/N-ethyl adjacent to an activating group) is 1. The molecule has 4 heteroatoms. The Morgan fingerprint density at radius 3 is 2.83 bits per heavy atom. The van der Waals surface area contributed by atoms with E-state index in [0.29, 0.717) is 0 Å². The van der Waals surface area contributed by atoms with Crippen LogP contribution in [0.4, 0.5) is 0 Å². The Bertz CT molecular complexity index is 521. The van der Waals surface area contributed by atoms with Gasteiger partial charge >= 0.3 is 0 Å². The molecule has 1 unspecified atom stereocenters. The maximum atomic E-state index is 9.13. The van der Waals surface area contributed by atoms with Crippen LogP contribution < -0.4 is 0 Å². The highest BCUT2D eigenvalue weighted by molar-refractivity contribution is 5.75. The molecule has 18 heavy (non-hydrogen) atoms. The van der Waals surface area contributed by atoms with Crippen molar-refractivity contribution in [2.24, 2.45) is 0 Å². The molecule has 0 aliphatic rings. The number of aryl methyl sites for hydroxylation is 1. The van der Waals surface area contributed by atoms with Crippen LogP contribution in [0.1, 0.15) is 12.7 Å². The Morgan fingerprint density at radius 2 is 2.11 bits per heavy atom. The molecule has 0 fully saturated rings. The summed E-state index contributed by atoms with van der Waals surface area (Å²) in [5.41, 5.74) is 2.23. The lowest BCUT2D eigenvalue weighted by Gasteiger charge is -2.23. The first kappa shape index (κ1) is 13.1. The molecule has 0 radical (unpaired) electrons. The van der Waals surface area contributed by atoms with Crippen LogP contribution in [0.25, 0.3) is 11.0 Å². The van der Waals surface area contributed by atoms with Crippen LogP contribution in [0.15, 0.2) is 24.3 Å². The fourth-order valence-corrected chi connectivity index (χ4v) is 2.10. The average molecular weight is 247 g/mol. The van der Waals surface area contributed by atoms with Crippen molar-refractivity contribution in [3.63, 3.8) is 0 Å². The minimum absolute atomic E-state index is 0.195. The normalized spacial score (nSPS) is 13.4. The molecule has 1 atom stereocenters. The lowest BCUT2D eigenvalue weighted by Crippen LogP contribution is -2.34. The largest absolute Gasteiger partial charge is 0.395 e. The van der Waals surface area contributed by atoms with Crippen LogP contribution in [0.2, 0.25) is 0 Å². The van der Waals surface area contributed by atoms with E-state index in [1.807, 2.05) is 39.1 Å². The number of rotatable bonds is 5. The summed E-state index contributed by atoms with van der Waals surface area (Å²) in [5, 5.41) is 9.13. The monoisotopic (exact) mass is 247 g/mol. The summed E-state index contributed by atoms with van der Waals surface area (Å²) in [5.74, 6) is 1.04. The highest BCUT2D eigenvalue weighted by Crippen LogP contribution is 2.15. The summed E-state index contributed by atoms with van der Waals surface area (Å²) < 4.78 is 2.23. The van der Waals surface area contributed by atoms with Crippen molar-refractivity contribution < 1.29 is 5.11 Å². The van der Waals surface area contributed by atoms with Crippen molar-refractivity contribution in [1.29, 1.82) is 0 Å². The smallest absolute Gasteiger partial charge is 0.106 e. The first-order chi connectivity index (χ1) is 8.63. The summed E-state index contributed by atoms with van der Waals surface area (Å²) in [6.45, 7) is 6.06. The van der Waals surface area contributed by atoms with Gasteiger partial charge in [-0.3, -0.25) is 4.90 Å². The van der Waals surface area contributed by atoms with E-state index in [1.54, 1.807) is 0 Å². The number of benzene rings is 1. The molecule has 2 rings (SSSR count). The van der Waals surface area contributed by atoms with Crippen molar-refractivity contribution >= 4 is 11.0 Å². The molecule has 0 aliphatic carbocycles. The Labute approximate surface area is 108 Å². The molecule has 2 aromatic rings. The molecule has 0 aliphatic heterocycles. The third-order valence-corrected chi connectivity index (χ3v) is 3.54. The summed E-state index contributed by atoms with van der Waals surface area (Å²) in [7, 11) is 2.04. The van der Waals surface area contributed by atoms with E-state index in [1.165, 1.54) is 5.52 Å². The van der Waals surface area contributed by atoms with E-state index in [9.17, 15) is 0 Å². The second-order valence-corrected chi connectivity index (χ2v) is 4.81. The zero-order chi connectivity index (χ0) is 13.1. The molecule has 0 saturated carbocycles. The van der Waals surface area contributed by atoms with Gasteiger partial charge in [0.15, 0.2) is 0 Å². The minimum Gasteiger partial charge on any atom is -0.395 e. The lowest BCUT2D eigenvalue weighted by molar-refractivity contribution is 0.155. The second kappa shape index (κ2) is 5.50. The van der Waals surface area contributed by atoms with Gasteiger partial charge in [-0.15, -0.1) is 0 Å². The van der Waals surface area contributed by atoms with Gasteiger partial charge in [0.25, 0.3) is 0 Å². The average Bonchev–Trinajstić information content (AvgIpc) is 2.70. The zero-order valence-electron chi connectivity index (χ0n) is 11.3. The number of aliphatic hydroxyl groups is 1. The third kappa shape index (κ3) is 2.54. The van der Waals surface area contributed by atoms with Gasteiger partial charge in [-0.25, -0.2) is 4.98 Å². The van der Waals surface area contributed by atoms with Gasteiger partial charge in [-0.2, -0.15) is 0 Å². The second-order valence-electron chi connectivity index (χ2n) is 4.81. The van der Waals surface area contributed by atoms with Crippen LogP contribution in [0.3, 0.4) is 0 Å². The van der Waals surface area contributed by atoms with Crippen molar-refractivity contribution in [2.75, 3.05) is 20.2 Å². The highest BCUT2D eigenvalue weighted by atomic mass is 16.3. The Hall–Kier alpha value is -1.39. The maximum absolute atomic E-state index is 9.13. The van der Waals surface area contributed by atoms with Crippen LogP contribution in [0.5, 0.6) is 0 Å². The number of fused-ring (bicyclic) bond motifs is 1. The molecule has 98 valence electrons. The van der Waals surface area contributed by atoms with Gasteiger partial charge in [0, 0.05) is 19.1 Å². The Morgan fingerprint density at radius 1 is 1.39 bits per heavy atom. The molecule has 0 bridgehead atoms. The predicted molar refractivity (Wildman–Crippen MR) is 73.6 cm³/mol. The van der Waals surface area contributed by atoms with Crippen molar-refractivity contribution in [1.82, 2.24) is 14.5 Å². The standard InChI is InChI=1S/C14H21N3O/c1-11(10-18)16(3)8-9-17-12(2)15-13-6-4-5-7-14(13)17/h4-7,11,18H,8-10H2,1-3H3. The summed E-state index contributed by atoms with van der Waals surface area (Å²) in [6.07, 6.45) is 0. The number of hydrogen-bond acceptors (Lipinski definition) is 3. The number of imidazole rings is 1. The van der Waals surface area contributed by atoms with E-state index in [0.717, 1.165) is 24.4 Å². The highest BCUT2D eigenvalue weighted by Gasteiger charge is 2.10. The molecular formula is C14H21N3O. The summed E-state index contributed by atoms with van der Waals surface area (Å²) in [6, 6.07) is 8.39. The van der Waals surface area contributed by atoms with Crippen LogP contribution in [0, 0.1) is 6.92 Å². The summed E-state index contributed by atoms with van der Waals surface area (Å²) >= 11 is 0. The molecule has 1 heterocycles. The van der Waals surface area contributed by atoms with Gasteiger partial charge in [0.1, 0.15) is 5.82 Å². The van der Waals surface area contributed by atoms with Crippen LogP contribution in [-0.2, 0) is 6.54 Å². The zero-order valence-corrected chi connectivity index (χ0v) is 11.3. The fraction of sp³-hybridized carbons (Fsp3) is 0.500. The Kier molecular flexibility index (Phi) is 3.99. The number of nitrogens with zero attached hydrogens (tertiary/aromatic N) is 3. The number of aromatic nitrogens is 2. The fourth-order valence-electron chi connectivity index (χ4n) is 2.10. The maximum Gasteiger partial charge on any atom is 0.106 e. The third-order valence-electron chi connectivity index (χ3n) is 3.54. The van der Waals surface area contributed by atoms with Crippen LogP contribution in [-0.4, -0.2) is 45.8 Å². The lowest BCUT2D eigenvalue weighted by atomic mass is 10.3. The quantitative estimate of drug-likeness (QED) is 0.873. The van der Waals surface area contributed by atoms with Crippen molar-refractivity contribution in [2.45, 2.75) is 26.4 Å². The van der Waals surface area contributed by atoms with E-state index in [2.05, 4.69) is 20.5 Å². The minimum atomic E-state index is 0.195. The topological polar surface area (TPSA) is 41.3 Å². The molecule has 0 amide bonds. The van der Waals surface area contributed by atoms with Crippen molar-refractivity contribution in [3.05, 3.63) is 30.1 Å². The predicted octanol–water partition coefficient (Wildman–Crippen LogP) is 1.66. The van der Waals surface area contributed by atoms with Gasteiger partial charge in [-0.05, 0) is 33.0 Å². The number of hydrogen-bond donors (Lipinski definition) is 1. The first-order valence-corrected chi connectivity index (χ1v) is 6.36. The van der Waals surface area contributed by atoms with E-state index >= 15 is 0 Å². The van der Waals surface area contributed by atoms with Crippen molar-refractivity contribution in [3.8, 4) is 0 Å². The Balaban J connectivity index is 2.14. The van der Waals surface area contributed by atoms with E-state index in [-0.39, 0.29) is 12.6 Å².